The summed E-state index contributed by atoms with van der Waals surface area (Å²) in [6.45, 7) is 1.66. The van der Waals surface area contributed by atoms with E-state index in [0.717, 1.165) is 28.8 Å². The van der Waals surface area contributed by atoms with Gasteiger partial charge in [0.2, 0.25) is 5.91 Å². The molecule has 4 aromatic heterocycles. The van der Waals surface area contributed by atoms with E-state index in [0.29, 0.717) is 26.5 Å². The summed E-state index contributed by atoms with van der Waals surface area (Å²) in [5.41, 5.74) is 0.691. The van der Waals surface area contributed by atoms with Crippen LogP contribution in [0.1, 0.15) is 31.8 Å². The first-order valence-corrected chi connectivity index (χ1v) is 19.6. The monoisotopic (exact) mass is 870 g/mol. The molecule has 0 spiro atoms. The van der Waals surface area contributed by atoms with Gasteiger partial charge in [-0.1, -0.05) is 47.5 Å². The molecule has 0 unspecified atom stereocenters. The fraction of sp³-hybridized carbons (Fsp3) is 0.238. The molecule has 0 bridgehead atoms. The Morgan fingerprint density at radius 3 is 1.48 bits per heavy atom. The number of carboxylic acid groups (broad SMARTS) is 1. The number of hydrogen-bond donors (Lipinski definition) is 6. The Labute approximate surface area is 357 Å². The van der Waals surface area contributed by atoms with Crippen LogP contribution >= 0.6 is 23.2 Å². The fourth-order valence-corrected chi connectivity index (χ4v) is 6.35. The highest BCUT2D eigenvalue weighted by atomic mass is 35.5. The van der Waals surface area contributed by atoms with E-state index in [1.54, 1.807) is 72.8 Å². The second-order valence-electron chi connectivity index (χ2n) is 14.0. The predicted molar refractivity (Wildman–Crippen MR) is 226 cm³/mol. The van der Waals surface area contributed by atoms with Crippen LogP contribution in [0.5, 0.6) is 0 Å². The van der Waals surface area contributed by atoms with Crippen LogP contribution in [0, 0.1) is 0 Å². The van der Waals surface area contributed by atoms with Gasteiger partial charge in [0.05, 0.1) is 12.2 Å². The van der Waals surface area contributed by atoms with Gasteiger partial charge in [0.25, 0.3) is 22.9 Å². The fourth-order valence-electron chi connectivity index (χ4n) is 6.09. The van der Waals surface area contributed by atoms with Gasteiger partial charge in [0.15, 0.2) is 0 Å². The zero-order valence-electron chi connectivity index (χ0n) is 32.3. The number of carbonyl (C=O) groups excluding carboxylic acids is 3. The molecule has 8 rings (SSSR count). The lowest BCUT2D eigenvalue weighted by molar-refractivity contribution is -0.142. The van der Waals surface area contributed by atoms with E-state index in [9.17, 15) is 33.9 Å². The van der Waals surface area contributed by atoms with E-state index in [1.165, 1.54) is 34.0 Å². The number of β-amino-alcohol motifs (C(OH)–C–C–N with tert-alkyl or cyclic N) is 2. The highest BCUT2D eigenvalue weighted by molar-refractivity contribution is 6.30. The SMILES string of the molecule is O=C(NCc1ccc(Cl)cc1)c1cc2cccnc2n(CC(=O)N2CC(O)C2)c1=O.O=C(O)Cn1c(=O)c(C(=O)NCc2ccc(Cl)cc2)cc2cccnc21.OC1CNC1. The van der Waals surface area contributed by atoms with Crippen molar-refractivity contribution in [2.45, 2.75) is 38.4 Å². The number of likely N-dealkylation sites (tertiary alicyclic amines) is 1. The number of carboxylic acids is 1. The molecule has 316 valence electrons. The summed E-state index contributed by atoms with van der Waals surface area (Å²) in [6, 6.07) is 23.6. The van der Waals surface area contributed by atoms with Gasteiger partial charge in [-0.05, 0) is 71.8 Å². The molecule has 17 nitrogen and oxygen atoms in total. The third kappa shape index (κ3) is 11.4. The summed E-state index contributed by atoms with van der Waals surface area (Å²) in [5.74, 6) is -2.64. The van der Waals surface area contributed by atoms with E-state index in [1.807, 2.05) is 0 Å². The van der Waals surface area contributed by atoms with Crippen LogP contribution in [0.4, 0.5) is 0 Å². The summed E-state index contributed by atoms with van der Waals surface area (Å²) >= 11 is 11.7. The first kappa shape index (κ1) is 44.1. The number of aromatic nitrogens is 4. The Balaban J connectivity index is 0.000000184. The van der Waals surface area contributed by atoms with Gasteiger partial charge < -0.3 is 36.2 Å². The van der Waals surface area contributed by atoms with Crippen LogP contribution in [0.3, 0.4) is 0 Å². The molecule has 2 aliphatic heterocycles. The highest BCUT2D eigenvalue weighted by Crippen LogP contribution is 2.16. The second kappa shape index (κ2) is 20.2. The van der Waals surface area contributed by atoms with E-state index >= 15 is 0 Å². The normalized spacial score (nSPS) is 13.5. The number of benzene rings is 2. The smallest absolute Gasteiger partial charge is 0.323 e. The van der Waals surface area contributed by atoms with Crippen LogP contribution < -0.4 is 27.1 Å². The highest BCUT2D eigenvalue weighted by Gasteiger charge is 2.30. The minimum atomic E-state index is -1.20. The lowest BCUT2D eigenvalue weighted by Gasteiger charge is -2.36. The maximum absolute atomic E-state index is 13.0. The molecule has 6 heterocycles. The summed E-state index contributed by atoms with van der Waals surface area (Å²) in [4.78, 5) is 84.1. The molecule has 2 fully saturated rings. The number of carbonyl (C=O) groups is 4. The summed E-state index contributed by atoms with van der Waals surface area (Å²) < 4.78 is 2.19. The molecule has 19 heteroatoms. The van der Waals surface area contributed by atoms with E-state index in [-0.39, 0.29) is 61.5 Å². The molecule has 2 saturated heterocycles. The molecule has 2 aromatic carbocycles. The average Bonchev–Trinajstić information content (AvgIpc) is 3.23. The van der Waals surface area contributed by atoms with Gasteiger partial charge in [-0.2, -0.15) is 0 Å². The number of halogens is 2. The predicted octanol–water partition coefficient (Wildman–Crippen LogP) is 2.20. The summed E-state index contributed by atoms with van der Waals surface area (Å²) in [5, 5.41) is 37.4. The van der Waals surface area contributed by atoms with Gasteiger partial charge in [-0.3, -0.25) is 37.9 Å². The third-order valence-corrected chi connectivity index (χ3v) is 9.98. The minimum Gasteiger partial charge on any atom is -0.480 e. The molecule has 0 saturated carbocycles. The van der Waals surface area contributed by atoms with Gasteiger partial charge in [0, 0.05) is 72.5 Å². The first-order valence-electron chi connectivity index (χ1n) is 18.9. The van der Waals surface area contributed by atoms with Crippen molar-refractivity contribution >= 4 is 69.0 Å². The van der Waals surface area contributed by atoms with E-state index in [2.05, 4.69) is 25.9 Å². The summed E-state index contributed by atoms with van der Waals surface area (Å²) in [6.07, 6.45) is 2.40. The number of fused-ring (bicyclic) bond motifs is 2. The van der Waals surface area contributed by atoms with Gasteiger partial charge >= 0.3 is 5.97 Å². The Morgan fingerprint density at radius 2 is 1.10 bits per heavy atom. The van der Waals surface area contributed by atoms with Gasteiger partial charge in [0.1, 0.15) is 35.5 Å². The molecular formula is C42H40Cl2N8O9. The number of amides is 3. The lowest BCUT2D eigenvalue weighted by Crippen LogP contribution is -2.54. The number of aliphatic hydroxyl groups is 2. The van der Waals surface area contributed by atoms with Crippen LogP contribution in [0.2, 0.25) is 10.0 Å². The number of aliphatic carboxylic acids is 1. The van der Waals surface area contributed by atoms with Crippen molar-refractivity contribution in [3.63, 3.8) is 0 Å². The van der Waals surface area contributed by atoms with Crippen molar-refractivity contribution in [1.29, 1.82) is 0 Å². The quantitative estimate of drug-likeness (QED) is 0.116. The summed E-state index contributed by atoms with van der Waals surface area (Å²) in [7, 11) is 0. The molecule has 6 N–H and O–H groups in total. The number of pyridine rings is 4. The van der Waals surface area contributed by atoms with Crippen molar-refractivity contribution in [2.75, 3.05) is 26.2 Å². The largest absolute Gasteiger partial charge is 0.480 e. The maximum atomic E-state index is 13.0. The van der Waals surface area contributed by atoms with E-state index < -0.39 is 41.6 Å². The average molecular weight is 872 g/mol. The van der Waals surface area contributed by atoms with Crippen LogP contribution in [0.15, 0.2) is 107 Å². The standard InChI is InChI=1S/C21H19ClN4O4.C18H14ClN3O4.C3H7NO/c22-15-5-3-13(4-6-15)9-24-20(29)17-8-14-2-1-7-23-19(14)26(21(17)30)12-18(28)25-10-16(27)11-25;19-13-5-3-11(4-6-13)9-21-17(25)14-8-12-2-1-7-20-16(12)22(18(14)26)10-15(23)24;5-3-1-4-2-3/h1-8,16,27H,9-12H2,(H,24,29);1-8H,9-10H2,(H,21,25)(H,23,24);3-5H,1-2H2. The minimum absolute atomic E-state index is 0.0463. The second-order valence-corrected chi connectivity index (χ2v) is 14.9. The Kier molecular flexibility index (Phi) is 14.6. The van der Waals surface area contributed by atoms with Crippen molar-refractivity contribution in [1.82, 2.24) is 40.0 Å². The van der Waals surface area contributed by atoms with Crippen molar-refractivity contribution in [3.8, 4) is 0 Å². The van der Waals surface area contributed by atoms with E-state index in [4.69, 9.17) is 33.4 Å². The van der Waals surface area contributed by atoms with Crippen molar-refractivity contribution in [3.05, 3.63) is 150 Å². The molecule has 6 aromatic rings. The Hall–Kier alpha value is -6.50. The Bertz CT molecular complexity index is 2680. The first-order chi connectivity index (χ1) is 29.3. The lowest BCUT2D eigenvalue weighted by atomic mass is 10.1. The molecule has 0 radical (unpaired) electrons. The van der Waals surface area contributed by atoms with Crippen LogP contribution in [0.25, 0.3) is 22.1 Å². The Morgan fingerprint density at radius 1 is 0.672 bits per heavy atom. The van der Waals surface area contributed by atoms with Crippen molar-refractivity contribution in [2.24, 2.45) is 0 Å². The third-order valence-electron chi connectivity index (χ3n) is 9.48. The number of nitrogens with zero attached hydrogens (tertiary/aromatic N) is 5. The van der Waals surface area contributed by atoms with Crippen LogP contribution in [-0.2, 0) is 35.8 Å². The zero-order chi connectivity index (χ0) is 43.6. The number of aliphatic hydroxyl groups excluding tert-OH is 2. The topological polar surface area (TPSA) is 238 Å². The molecule has 3 amide bonds. The molecule has 0 aliphatic carbocycles. The molecular weight excluding hydrogens is 831 g/mol. The van der Waals surface area contributed by atoms with Crippen molar-refractivity contribution < 1.29 is 34.5 Å². The van der Waals surface area contributed by atoms with Gasteiger partial charge in [-0.15, -0.1) is 0 Å². The molecule has 0 atom stereocenters. The number of nitrogens with one attached hydrogen (secondary N) is 3. The zero-order valence-corrected chi connectivity index (χ0v) is 33.8. The number of rotatable bonds is 10. The number of hydrogen-bond acceptors (Lipinski definition) is 11. The van der Waals surface area contributed by atoms with Crippen LogP contribution in [-0.4, -0.2) is 101 Å². The molecule has 2 aliphatic rings. The molecule has 61 heavy (non-hydrogen) atoms. The van der Waals surface area contributed by atoms with Gasteiger partial charge in [-0.25, -0.2) is 9.97 Å². The maximum Gasteiger partial charge on any atom is 0.323 e.